The van der Waals surface area contributed by atoms with Gasteiger partial charge in [-0.15, -0.1) is 0 Å². The molecule has 0 aromatic heterocycles. The van der Waals surface area contributed by atoms with Gasteiger partial charge >= 0.3 is 6.18 Å². The zero-order chi connectivity index (χ0) is 21.3. The van der Waals surface area contributed by atoms with Crippen LogP contribution in [0.2, 0.25) is 5.02 Å². The number of carbonyl (C=O) groups excluding carboxylic acids is 1. The van der Waals surface area contributed by atoms with Crippen molar-refractivity contribution < 1.29 is 18.0 Å². The minimum Gasteiger partial charge on any atom is -0.351 e. The summed E-state index contributed by atoms with van der Waals surface area (Å²) in [4.78, 5) is 13.1. The molecule has 0 spiro atoms. The highest BCUT2D eigenvalue weighted by atomic mass is 35.5. The standard InChI is InChI=1S/C20H17ClF3N3OS/c1-10-7-8-12(21)9-15(10)26-18(28)16-11(2)25-19(29)27-17(16)13-5-3-4-6-14(13)20(22,23)24/h3-9,17H,1-2H3,(H,26,28)(H2,25,27,29). The molecule has 9 heteroatoms. The molecule has 2 aromatic carbocycles. The van der Waals surface area contributed by atoms with Crippen LogP contribution in [0.25, 0.3) is 0 Å². The van der Waals surface area contributed by atoms with Gasteiger partial charge in [-0.3, -0.25) is 4.79 Å². The Balaban J connectivity index is 2.06. The molecule has 3 N–H and O–H groups in total. The van der Waals surface area contributed by atoms with Gasteiger partial charge in [0.1, 0.15) is 0 Å². The predicted octanol–water partition coefficient (Wildman–Crippen LogP) is 5.10. The molecule has 1 atom stereocenters. The molecule has 0 aliphatic carbocycles. The average Bonchev–Trinajstić information content (AvgIpc) is 2.63. The average molecular weight is 440 g/mol. The van der Waals surface area contributed by atoms with Gasteiger partial charge in [0.05, 0.1) is 17.2 Å². The number of thiocarbonyl (C=S) groups is 1. The number of aryl methyl sites for hydroxylation is 1. The summed E-state index contributed by atoms with van der Waals surface area (Å²) in [6.45, 7) is 3.38. The number of rotatable bonds is 3. The van der Waals surface area contributed by atoms with E-state index in [2.05, 4.69) is 16.0 Å². The Morgan fingerprint density at radius 1 is 1.17 bits per heavy atom. The fourth-order valence-electron chi connectivity index (χ4n) is 3.15. The van der Waals surface area contributed by atoms with Gasteiger partial charge in [-0.1, -0.05) is 35.9 Å². The van der Waals surface area contributed by atoms with Crippen LogP contribution in [0, 0.1) is 6.92 Å². The van der Waals surface area contributed by atoms with E-state index < -0.39 is 23.7 Å². The normalized spacial score (nSPS) is 16.9. The maximum atomic E-state index is 13.6. The van der Waals surface area contributed by atoms with Crippen LogP contribution in [0.4, 0.5) is 18.9 Å². The van der Waals surface area contributed by atoms with Crippen molar-refractivity contribution in [1.82, 2.24) is 10.6 Å². The summed E-state index contributed by atoms with van der Waals surface area (Å²) >= 11 is 11.1. The van der Waals surface area contributed by atoms with Gasteiger partial charge in [-0.05, 0) is 55.4 Å². The first-order valence-corrected chi connectivity index (χ1v) is 9.38. The Bertz CT molecular complexity index is 1020. The van der Waals surface area contributed by atoms with Gasteiger partial charge in [0.15, 0.2) is 5.11 Å². The van der Waals surface area contributed by atoms with Gasteiger partial charge in [-0.2, -0.15) is 13.2 Å². The molecule has 3 rings (SSSR count). The van der Waals surface area contributed by atoms with Gasteiger partial charge in [0.2, 0.25) is 0 Å². The first-order valence-electron chi connectivity index (χ1n) is 8.60. The molecule has 4 nitrogen and oxygen atoms in total. The Kier molecular flexibility index (Phi) is 5.86. The lowest BCUT2D eigenvalue weighted by Crippen LogP contribution is -2.46. The SMILES string of the molecule is CC1=C(C(=O)Nc2cc(Cl)ccc2C)C(c2ccccc2C(F)(F)F)NC(=S)N1. The van der Waals surface area contributed by atoms with Crippen molar-refractivity contribution in [3.63, 3.8) is 0 Å². The number of hydrogen-bond donors (Lipinski definition) is 3. The predicted molar refractivity (Wildman–Crippen MR) is 111 cm³/mol. The second-order valence-corrected chi connectivity index (χ2v) is 7.41. The summed E-state index contributed by atoms with van der Waals surface area (Å²) in [5.74, 6) is -0.558. The van der Waals surface area contributed by atoms with Crippen LogP contribution in [-0.4, -0.2) is 11.0 Å². The Morgan fingerprint density at radius 2 is 1.86 bits per heavy atom. The molecule has 152 valence electrons. The third-order valence-corrected chi connectivity index (χ3v) is 4.99. The number of hydrogen-bond acceptors (Lipinski definition) is 2. The van der Waals surface area contributed by atoms with Crippen molar-refractivity contribution in [3.05, 3.63) is 75.4 Å². The van der Waals surface area contributed by atoms with E-state index in [1.165, 1.54) is 18.2 Å². The number of anilines is 1. The number of amides is 1. The fraction of sp³-hybridized carbons (Fsp3) is 0.200. The Morgan fingerprint density at radius 3 is 2.55 bits per heavy atom. The summed E-state index contributed by atoms with van der Waals surface area (Å²) in [5.41, 5.74) is 0.789. The van der Waals surface area contributed by atoms with Gasteiger partial charge in [0, 0.05) is 16.4 Å². The minimum atomic E-state index is -4.58. The topological polar surface area (TPSA) is 53.2 Å². The smallest absolute Gasteiger partial charge is 0.351 e. The summed E-state index contributed by atoms with van der Waals surface area (Å²) in [7, 11) is 0. The van der Waals surface area contributed by atoms with E-state index in [9.17, 15) is 18.0 Å². The summed E-state index contributed by atoms with van der Waals surface area (Å²) in [5, 5.41) is 8.91. The van der Waals surface area contributed by atoms with Crippen molar-refractivity contribution >= 4 is 40.5 Å². The molecule has 1 aliphatic rings. The van der Waals surface area contributed by atoms with E-state index in [0.29, 0.717) is 16.4 Å². The number of nitrogens with one attached hydrogen (secondary N) is 3. The maximum absolute atomic E-state index is 13.6. The van der Waals surface area contributed by atoms with E-state index in [4.69, 9.17) is 23.8 Å². The van der Waals surface area contributed by atoms with Crippen LogP contribution in [-0.2, 0) is 11.0 Å². The monoisotopic (exact) mass is 439 g/mol. The summed E-state index contributed by atoms with van der Waals surface area (Å²) in [6.07, 6.45) is -4.58. The first-order chi connectivity index (χ1) is 13.6. The molecule has 1 aliphatic heterocycles. The first kappa shape index (κ1) is 21.1. The lowest BCUT2D eigenvalue weighted by molar-refractivity contribution is -0.138. The lowest BCUT2D eigenvalue weighted by atomic mass is 9.91. The molecule has 0 saturated heterocycles. The van der Waals surface area contributed by atoms with E-state index in [-0.39, 0.29) is 16.2 Å². The van der Waals surface area contributed by atoms with Gasteiger partial charge < -0.3 is 16.0 Å². The van der Waals surface area contributed by atoms with Crippen molar-refractivity contribution in [1.29, 1.82) is 0 Å². The quantitative estimate of drug-likeness (QED) is 0.582. The Labute approximate surface area is 176 Å². The number of benzene rings is 2. The molecule has 0 saturated carbocycles. The second kappa shape index (κ2) is 8.04. The van der Waals surface area contributed by atoms with Crippen molar-refractivity contribution in [3.8, 4) is 0 Å². The van der Waals surface area contributed by atoms with Crippen LogP contribution < -0.4 is 16.0 Å². The lowest BCUT2D eigenvalue weighted by Gasteiger charge is -2.32. The van der Waals surface area contributed by atoms with Crippen molar-refractivity contribution in [2.45, 2.75) is 26.1 Å². The fourth-order valence-corrected chi connectivity index (χ4v) is 3.60. The molecular weight excluding hydrogens is 423 g/mol. The molecule has 1 amide bonds. The van der Waals surface area contributed by atoms with Crippen molar-refractivity contribution in [2.75, 3.05) is 5.32 Å². The molecule has 29 heavy (non-hydrogen) atoms. The van der Waals surface area contributed by atoms with Crippen LogP contribution in [0.1, 0.15) is 29.7 Å². The molecule has 0 bridgehead atoms. The number of alkyl halides is 3. The summed E-state index contributed by atoms with van der Waals surface area (Å²) in [6, 6.07) is 9.04. The second-order valence-electron chi connectivity index (χ2n) is 6.57. The van der Waals surface area contributed by atoms with Gasteiger partial charge in [0.25, 0.3) is 5.91 Å². The maximum Gasteiger partial charge on any atom is 0.416 e. The Hall–Kier alpha value is -2.58. The van der Waals surface area contributed by atoms with Crippen LogP contribution in [0.15, 0.2) is 53.7 Å². The highest BCUT2D eigenvalue weighted by molar-refractivity contribution is 7.80. The third-order valence-electron chi connectivity index (χ3n) is 4.54. The summed E-state index contributed by atoms with van der Waals surface area (Å²) < 4.78 is 40.7. The van der Waals surface area contributed by atoms with E-state index >= 15 is 0 Å². The highest BCUT2D eigenvalue weighted by Gasteiger charge is 2.38. The number of allylic oxidation sites excluding steroid dienone is 1. The third kappa shape index (κ3) is 4.54. The van der Waals surface area contributed by atoms with Crippen LogP contribution >= 0.6 is 23.8 Å². The van der Waals surface area contributed by atoms with Crippen LogP contribution in [0.5, 0.6) is 0 Å². The van der Waals surface area contributed by atoms with Gasteiger partial charge in [-0.25, -0.2) is 0 Å². The van der Waals surface area contributed by atoms with Crippen LogP contribution in [0.3, 0.4) is 0 Å². The molecular formula is C20H17ClF3N3OS. The zero-order valence-electron chi connectivity index (χ0n) is 15.4. The molecule has 0 fully saturated rings. The number of carbonyl (C=O) groups is 1. The molecule has 0 radical (unpaired) electrons. The minimum absolute atomic E-state index is 0.0869. The van der Waals surface area contributed by atoms with Crippen molar-refractivity contribution in [2.24, 2.45) is 0 Å². The molecule has 1 unspecified atom stereocenters. The van der Waals surface area contributed by atoms with E-state index in [0.717, 1.165) is 11.6 Å². The molecule has 2 aromatic rings. The van der Waals surface area contributed by atoms with E-state index in [1.807, 2.05) is 0 Å². The highest BCUT2D eigenvalue weighted by Crippen LogP contribution is 2.38. The van der Waals surface area contributed by atoms with E-state index in [1.54, 1.807) is 32.0 Å². The number of halogens is 4. The molecule has 1 heterocycles. The zero-order valence-corrected chi connectivity index (χ0v) is 17.0. The largest absolute Gasteiger partial charge is 0.416 e.